The van der Waals surface area contributed by atoms with E-state index in [2.05, 4.69) is 10.9 Å². The second kappa shape index (κ2) is 10.5. The lowest BCUT2D eigenvalue weighted by molar-refractivity contribution is -0.144. The Morgan fingerprint density at radius 2 is 1.89 bits per heavy atom. The van der Waals surface area contributed by atoms with Crippen molar-refractivity contribution < 1.29 is 35.9 Å². The highest BCUT2D eigenvalue weighted by atomic mass is 32.2. The molecule has 2 atom stereocenters. The fourth-order valence-electron chi connectivity index (χ4n) is 4.00. The zero-order valence-electron chi connectivity index (χ0n) is 18.7. The first kappa shape index (κ1) is 26.9. The summed E-state index contributed by atoms with van der Waals surface area (Å²) >= 11 is 1.05. The van der Waals surface area contributed by atoms with Gasteiger partial charge >= 0.3 is 12.4 Å². The third-order valence-electron chi connectivity index (χ3n) is 5.91. The van der Waals surface area contributed by atoms with Crippen LogP contribution in [0.15, 0.2) is 34.2 Å². The number of amides is 1. The molecule has 2 saturated heterocycles. The van der Waals surface area contributed by atoms with Gasteiger partial charge in [-0.2, -0.15) is 26.3 Å². The summed E-state index contributed by atoms with van der Waals surface area (Å²) in [6.07, 6.45) is -1.91. The number of rotatable bonds is 4. The van der Waals surface area contributed by atoms with E-state index < -0.39 is 41.5 Å². The van der Waals surface area contributed by atoms with Crippen molar-refractivity contribution in [2.75, 3.05) is 13.1 Å². The Hall–Kier alpha value is -2.74. The van der Waals surface area contributed by atoms with Crippen LogP contribution in [0.2, 0.25) is 0 Å². The van der Waals surface area contributed by atoms with Crippen LogP contribution in [0.1, 0.15) is 42.9 Å². The number of carbonyl (C=O) groups excluding carboxylic acids is 2. The molecular formula is C24H22F6N2O2S. The maximum absolute atomic E-state index is 13.5. The summed E-state index contributed by atoms with van der Waals surface area (Å²) in [5.41, 5.74) is -2.62. The van der Waals surface area contributed by atoms with E-state index in [1.807, 2.05) is 6.08 Å². The van der Waals surface area contributed by atoms with Crippen LogP contribution < -0.4 is 0 Å². The molecule has 2 aliphatic rings. The van der Waals surface area contributed by atoms with E-state index in [-0.39, 0.29) is 42.5 Å². The van der Waals surface area contributed by atoms with Crippen molar-refractivity contribution in [2.24, 2.45) is 16.8 Å². The van der Waals surface area contributed by atoms with Crippen LogP contribution in [-0.4, -0.2) is 34.7 Å². The van der Waals surface area contributed by atoms with E-state index in [9.17, 15) is 35.9 Å². The minimum absolute atomic E-state index is 0.0570. The van der Waals surface area contributed by atoms with Crippen molar-refractivity contribution in [1.29, 1.82) is 0 Å². The molecular weight excluding hydrogens is 494 g/mol. The van der Waals surface area contributed by atoms with Gasteiger partial charge in [0.2, 0.25) is 11.0 Å². The molecule has 0 N–H and O–H groups in total. The zero-order chi connectivity index (χ0) is 26.0. The minimum Gasteiger partial charge on any atom is -0.338 e. The molecule has 0 radical (unpaired) electrons. The van der Waals surface area contributed by atoms with E-state index in [0.29, 0.717) is 29.5 Å². The molecule has 3 rings (SSSR count). The predicted octanol–water partition coefficient (Wildman–Crippen LogP) is 5.72. The number of carbonyl (C=O) groups is 2. The fourth-order valence-corrected chi connectivity index (χ4v) is 5.12. The number of hydrogen-bond acceptors (Lipinski definition) is 4. The standard InChI is InChI=1S/C24H22F6N2O2S/c1-3-9-31-21-14(2)22(34)35-19(21)11-15-4-7-20(33)32(10-8-15)13-16-5-6-17(23(25,26)27)12-18(16)24(28,29)30/h1,5-6,11-12,14-15H,4,7-10,13H2,2H3/b19-11-,31-21?. The van der Waals surface area contributed by atoms with E-state index >= 15 is 0 Å². The van der Waals surface area contributed by atoms with Gasteiger partial charge in [0.15, 0.2) is 0 Å². The average Bonchev–Trinajstić information content (AvgIpc) is 2.91. The lowest BCUT2D eigenvalue weighted by atomic mass is 9.97. The van der Waals surface area contributed by atoms with Gasteiger partial charge in [-0.05, 0) is 55.1 Å². The molecule has 2 unspecified atom stereocenters. The molecule has 188 valence electrons. The number of benzene rings is 1. The van der Waals surface area contributed by atoms with Crippen LogP contribution in [0, 0.1) is 24.2 Å². The number of nitrogens with zero attached hydrogens (tertiary/aromatic N) is 2. The second-order valence-electron chi connectivity index (χ2n) is 8.35. The number of terminal acetylenes is 1. The summed E-state index contributed by atoms with van der Waals surface area (Å²) in [7, 11) is 0. The smallest absolute Gasteiger partial charge is 0.338 e. The summed E-state index contributed by atoms with van der Waals surface area (Å²) in [4.78, 5) is 31.0. The molecule has 0 aromatic heterocycles. The first-order chi connectivity index (χ1) is 16.3. The van der Waals surface area contributed by atoms with E-state index in [1.165, 1.54) is 4.90 Å². The van der Waals surface area contributed by atoms with Crippen LogP contribution in [-0.2, 0) is 28.5 Å². The molecule has 1 aromatic carbocycles. The van der Waals surface area contributed by atoms with Crippen molar-refractivity contribution in [3.63, 3.8) is 0 Å². The first-order valence-electron chi connectivity index (χ1n) is 10.8. The molecule has 1 amide bonds. The second-order valence-corrected chi connectivity index (χ2v) is 9.40. The monoisotopic (exact) mass is 516 g/mol. The Labute approximate surface area is 202 Å². The highest BCUT2D eigenvalue weighted by molar-refractivity contribution is 8.18. The van der Waals surface area contributed by atoms with Gasteiger partial charge < -0.3 is 4.90 Å². The summed E-state index contributed by atoms with van der Waals surface area (Å²) in [5.74, 6) is 1.47. The molecule has 0 aliphatic carbocycles. The molecule has 35 heavy (non-hydrogen) atoms. The molecule has 0 saturated carbocycles. The Bertz CT molecular complexity index is 1100. The average molecular weight is 517 g/mol. The lowest BCUT2D eigenvalue weighted by Crippen LogP contribution is -2.31. The van der Waals surface area contributed by atoms with Crippen LogP contribution in [0.4, 0.5) is 26.3 Å². The third kappa shape index (κ3) is 6.48. The van der Waals surface area contributed by atoms with Gasteiger partial charge in [-0.3, -0.25) is 14.6 Å². The third-order valence-corrected chi connectivity index (χ3v) is 7.03. The molecule has 0 bridgehead atoms. The van der Waals surface area contributed by atoms with Gasteiger partial charge in [0.1, 0.15) is 0 Å². The number of aliphatic imine (C=N–C) groups is 1. The van der Waals surface area contributed by atoms with Gasteiger partial charge in [0.25, 0.3) is 0 Å². The number of allylic oxidation sites excluding steroid dienone is 2. The normalized spacial score (nSPS) is 24.2. The van der Waals surface area contributed by atoms with Gasteiger partial charge in [-0.15, -0.1) is 6.42 Å². The number of halogens is 6. The number of hydrogen-bond donors (Lipinski definition) is 0. The Kier molecular flexibility index (Phi) is 8.04. The Morgan fingerprint density at radius 1 is 1.17 bits per heavy atom. The van der Waals surface area contributed by atoms with Crippen molar-refractivity contribution in [3.8, 4) is 12.3 Å². The molecule has 11 heteroatoms. The predicted molar refractivity (Wildman–Crippen MR) is 120 cm³/mol. The summed E-state index contributed by atoms with van der Waals surface area (Å²) < 4.78 is 79.3. The van der Waals surface area contributed by atoms with E-state index in [1.54, 1.807) is 6.92 Å². The first-order valence-corrected chi connectivity index (χ1v) is 11.6. The number of likely N-dealkylation sites (tertiary alicyclic amines) is 1. The van der Waals surface area contributed by atoms with Crippen molar-refractivity contribution in [3.05, 3.63) is 45.9 Å². The van der Waals surface area contributed by atoms with Gasteiger partial charge in [-0.25, -0.2) is 0 Å². The van der Waals surface area contributed by atoms with Crippen molar-refractivity contribution in [1.82, 2.24) is 4.90 Å². The van der Waals surface area contributed by atoms with Crippen LogP contribution in [0.25, 0.3) is 0 Å². The number of thioether (sulfide) groups is 1. The fraction of sp³-hybridized carbons (Fsp3) is 0.458. The highest BCUT2D eigenvalue weighted by Gasteiger charge is 2.39. The van der Waals surface area contributed by atoms with Crippen LogP contribution in [0.5, 0.6) is 0 Å². The summed E-state index contributed by atoms with van der Waals surface area (Å²) in [6, 6.07) is 1.45. The molecule has 2 heterocycles. The van der Waals surface area contributed by atoms with E-state index in [0.717, 1.165) is 17.8 Å². The maximum atomic E-state index is 13.5. The Morgan fingerprint density at radius 3 is 2.51 bits per heavy atom. The minimum atomic E-state index is -5.00. The maximum Gasteiger partial charge on any atom is 0.416 e. The summed E-state index contributed by atoms with van der Waals surface area (Å²) in [5, 5.41) is -0.0691. The van der Waals surface area contributed by atoms with Gasteiger partial charge in [0.05, 0.1) is 29.3 Å². The molecule has 4 nitrogen and oxygen atoms in total. The largest absolute Gasteiger partial charge is 0.416 e. The van der Waals surface area contributed by atoms with Crippen molar-refractivity contribution in [2.45, 2.75) is 45.1 Å². The van der Waals surface area contributed by atoms with Crippen LogP contribution >= 0.6 is 11.8 Å². The lowest BCUT2D eigenvalue weighted by Gasteiger charge is -2.23. The van der Waals surface area contributed by atoms with Crippen molar-refractivity contribution >= 4 is 28.5 Å². The zero-order valence-corrected chi connectivity index (χ0v) is 19.5. The quantitative estimate of drug-likeness (QED) is 0.380. The number of alkyl halides is 6. The SMILES string of the molecule is C#CCN=C1/C(=C/C2CCC(=O)N(Cc3ccc(C(F)(F)F)cc3C(F)(F)F)CC2)SC(=O)C1C. The highest BCUT2D eigenvalue weighted by Crippen LogP contribution is 2.39. The van der Waals surface area contributed by atoms with Gasteiger partial charge in [-0.1, -0.05) is 18.1 Å². The molecule has 0 spiro atoms. The van der Waals surface area contributed by atoms with Gasteiger partial charge in [0, 0.05) is 24.4 Å². The Balaban J connectivity index is 1.80. The summed E-state index contributed by atoms with van der Waals surface area (Å²) in [6.45, 7) is 1.52. The topological polar surface area (TPSA) is 49.7 Å². The van der Waals surface area contributed by atoms with Crippen LogP contribution in [0.3, 0.4) is 0 Å². The van der Waals surface area contributed by atoms with E-state index in [4.69, 9.17) is 6.42 Å². The molecule has 2 aliphatic heterocycles. The molecule has 1 aromatic rings. The molecule has 2 fully saturated rings.